The zero-order valence-corrected chi connectivity index (χ0v) is 5.68. The summed E-state index contributed by atoms with van der Waals surface area (Å²) in [5, 5.41) is -0.111. The third-order valence-corrected chi connectivity index (χ3v) is 1.29. The molecule has 0 bridgehead atoms. The van der Waals surface area contributed by atoms with E-state index in [0.29, 0.717) is 6.61 Å². The Morgan fingerprint density at radius 1 is 1.75 bits per heavy atom. The van der Waals surface area contributed by atoms with Gasteiger partial charge in [0.1, 0.15) is 18.2 Å². The van der Waals surface area contributed by atoms with Gasteiger partial charge in [-0.05, 0) is 0 Å². The zero-order chi connectivity index (χ0) is 5.98. The van der Waals surface area contributed by atoms with Crippen molar-refractivity contribution in [1.29, 1.82) is 0 Å². The van der Waals surface area contributed by atoms with E-state index >= 15 is 0 Å². The first-order valence-electron chi connectivity index (χ1n) is 2.20. The molecule has 3 nitrogen and oxygen atoms in total. The van der Waals surface area contributed by atoms with E-state index in [2.05, 4.69) is 20.7 Å². The monoisotopic (exact) mass is 180 g/mol. The molecule has 1 aliphatic heterocycles. The van der Waals surface area contributed by atoms with Crippen LogP contribution in [-0.4, -0.2) is 24.2 Å². The predicted molar refractivity (Wildman–Crippen MR) is 29.6 cm³/mol. The fourth-order valence-corrected chi connectivity index (χ4v) is 0.671. The minimum atomic E-state index is -0.291. The maximum Gasteiger partial charge on any atom is 0.332 e. The molecule has 1 saturated heterocycles. The van der Waals surface area contributed by atoms with E-state index < -0.39 is 0 Å². The molecule has 8 heavy (non-hydrogen) atoms. The van der Waals surface area contributed by atoms with Crippen molar-refractivity contribution in [3.05, 3.63) is 0 Å². The average molecular weight is 181 g/mol. The lowest BCUT2D eigenvalue weighted by Crippen LogP contribution is -2.27. The molecular formula is C4H5BrO3. The Morgan fingerprint density at radius 2 is 2.50 bits per heavy atom. The molecule has 0 aromatic heterocycles. The molecule has 0 saturated carbocycles. The van der Waals surface area contributed by atoms with Gasteiger partial charge in [-0.3, -0.25) is 0 Å². The highest BCUT2D eigenvalue weighted by atomic mass is 79.9. The molecule has 0 radical (unpaired) electrons. The maximum atomic E-state index is 10.2. The summed E-state index contributed by atoms with van der Waals surface area (Å²) in [5.74, 6) is -0.291. The molecule has 1 unspecified atom stereocenters. The van der Waals surface area contributed by atoms with Crippen LogP contribution >= 0.6 is 15.9 Å². The van der Waals surface area contributed by atoms with Crippen molar-refractivity contribution in [2.24, 2.45) is 0 Å². The fraction of sp³-hybridized carbons (Fsp3) is 0.750. The zero-order valence-electron chi connectivity index (χ0n) is 4.09. The summed E-state index contributed by atoms with van der Waals surface area (Å²) < 4.78 is 9.41. The summed E-state index contributed by atoms with van der Waals surface area (Å²) in [5.41, 5.74) is 0. The van der Waals surface area contributed by atoms with Gasteiger partial charge in [-0.15, -0.1) is 0 Å². The van der Waals surface area contributed by atoms with Crippen LogP contribution in [0.3, 0.4) is 0 Å². The molecule has 0 aromatic carbocycles. The summed E-state index contributed by atoms with van der Waals surface area (Å²) in [6.07, 6.45) is 0. The third-order valence-electron chi connectivity index (χ3n) is 0.757. The van der Waals surface area contributed by atoms with Gasteiger partial charge in [-0.1, -0.05) is 15.9 Å². The molecule has 0 aromatic rings. The standard InChI is InChI=1S/C4H5BrO3/c5-3-1-8-4(6)2-7-3/h3H,1-2H2. The highest BCUT2D eigenvalue weighted by molar-refractivity contribution is 9.09. The van der Waals surface area contributed by atoms with E-state index in [-0.39, 0.29) is 17.6 Å². The van der Waals surface area contributed by atoms with Gasteiger partial charge in [-0.2, -0.15) is 0 Å². The van der Waals surface area contributed by atoms with Crippen molar-refractivity contribution in [2.45, 2.75) is 5.01 Å². The Hall–Kier alpha value is -0.0900. The summed E-state index contributed by atoms with van der Waals surface area (Å²) in [4.78, 5) is 10.2. The number of halogens is 1. The number of alkyl halides is 1. The van der Waals surface area contributed by atoms with Crippen LogP contribution in [0.1, 0.15) is 0 Å². The van der Waals surface area contributed by atoms with Gasteiger partial charge in [0.25, 0.3) is 0 Å². The van der Waals surface area contributed by atoms with Gasteiger partial charge >= 0.3 is 5.97 Å². The Morgan fingerprint density at radius 3 is 2.88 bits per heavy atom. The predicted octanol–water partition coefficient (Wildman–Crippen LogP) is 0.281. The molecular weight excluding hydrogens is 176 g/mol. The number of hydrogen-bond donors (Lipinski definition) is 0. The number of esters is 1. The number of carbonyl (C=O) groups is 1. The molecule has 46 valence electrons. The van der Waals surface area contributed by atoms with Crippen molar-refractivity contribution >= 4 is 21.9 Å². The van der Waals surface area contributed by atoms with Crippen LogP contribution in [-0.2, 0) is 14.3 Å². The number of hydrogen-bond acceptors (Lipinski definition) is 3. The topological polar surface area (TPSA) is 35.5 Å². The van der Waals surface area contributed by atoms with Gasteiger partial charge in [0, 0.05) is 0 Å². The van der Waals surface area contributed by atoms with Gasteiger partial charge in [0.15, 0.2) is 0 Å². The SMILES string of the molecule is O=C1COC(Br)CO1. The van der Waals surface area contributed by atoms with Crippen molar-refractivity contribution in [3.8, 4) is 0 Å². The molecule has 1 aliphatic rings. The molecule has 1 fully saturated rings. The van der Waals surface area contributed by atoms with E-state index in [1.54, 1.807) is 0 Å². The quantitative estimate of drug-likeness (QED) is 0.397. The van der Waals surface area contributed by atoms with Crippen molar-refractivity contribution in [2.75, 3.05) is 13.2 Å². The van der Waals surface area contributed by atoms with E-state index in [4.69, 9.17) is 4.74 Å². The number of carbonyl (C=O) groups excluding carboxylic acids is 1. The van der Waals surface area contributed by atoms with Crippen LogP contribution in [0.5, 0.6) is 0 Å². The molecule has 0 N–H and O–H groups in total. The first-order valence-corrected chi connectivity index (χ1v) is 3.12. The van der Waals surface area contributed by atoms with Crippen LogP contribution in [0, 0.1) is 0 Å². The molecule has 0 amide bonds. The average Bonchev–Trinajstić information content (AvgIpc) is 1.77. The lowest BCUT2D eigenvalue weighted by molar-refractivity contribution is -0.161. The van der Waals surface area contributed by atoms with Crippen molar-refractivity contribution in [3.63, 3.8) is 0 Å². The lowest BCUT2D eigenvalue weighted by atomic mass is 10.6. The second-order valence-corrected chi connectivity index (χ2v) is 2.43. The van der Waals surface area contributed by atoms with E-state index in [0.717, 1.165) is 0 Å². The highest BCUT2D eigenvalue weighted by Crippen LogP contribution is 2.06. The van der Waals surface area contributed by atoms with E-state index in [1.807, 2.05) is 0 Å². The van der Waals surface area contributed by atoms with Gasteiger partial charge in [-0.25, -0.2) is 4.79 Å². The molecule has 0 aliphatic carbocycles. The summed E-state index contributed by atoms with van der Waals surface area (Å²) >= 11 is 3.12. The van der Waals surface area contributed by atoms with Crippen LogP contribution in [0.15, 0.2) is 0 Å². The van der Waals surface area contributed by atoms with E-state index in [9.17, 15) is 4.79 Å². The Labute approximate surface area is 55.1 Å². The lowest BCUT2D eigenvalue weighted by Gasteiger charge is -2.16. The summed E-state index contributed by atoms with van der Waals surface area (Å²) in [6, 6.07) is 0. The van der Waals surface area contributed by atoms with Crippen molar-refractivity contribution in [1.82, 2.24) is 0 Å². The smallest absolute Gasteiger partial charge is 0.332 e. The molecule has 1 rings (SSSR count). The van der Waals surface area contributed by atoms with Crippen molar-refractivity contribution < 1.29 is 14.3 Å². The van der Waals surface area contributed by atoms with Gasteiger partial charge in [0.2, 0.25) is 0 Å². The molecule has 1 atom stereocenters. The van der Waals surface area contributed by atoms with Crippen LogP contribution < -0.4 is 0 Å². The highest BCUT2D eigenvalue weighted by Gasteiger charge is 2.16. The van der Waals surface area contributed by atoms with Gasteiger partial charge in [0.05, 0.1) is 0 Å². The minimum absolute atomic E-state index is 0.0654. The van der Waals surface area contributed by atoms with Gasteiger partial charge < -0.3 is 9.47 Å². The number of rotatable bonds is 0. The second-order valence-electron chi connectivity index (χ2n) is 1.40. The Kier molecular flexibility index (Phi) is 1.85. The first-order chi connectivity index (χ1) is 3.79. The third kappa shape index (κ3) is 1.45. The first kappa shape index (κ1) is 6.04. The van der Waals surface area contributed by atoms with Crippen LogP contribution in [0.4, 0.5) is 0 Å². The molecule has 0 spiro atoms. The van der Waals surface area contributed by atoms with Crippen LogP contribution in [0.2, 0.25) is 0 Å². The summed E-state index contributed by atoms with van der Waals surface area (Å²) in [7, 11) is 0. The fourth-order valence-electron chi connectivity index (χ4n) is 0.407. The Balaban J connectivity index is 2.29. The molecule has 4 heteroatoms. The number of cyclic esters (lactones) is 1. The Bertz CT molecular complexity index is 93.5. The number of ether oxygens (including phenoxy) is 2. The molecule has 1 heterocycles. The second kappa shape index (κ2) is 2.46. The largest absolute Gasteiger partial charge is 0.460 e. The maximum absolute atomic E-state index is 10.2. The minimum Gasteiger partial charge on any atom is -0.460 e. The summed E-state index contributed by atoms with van der Waals surface area (Å²) in [6.45, 7) is 0.384. The van der Waals surface area contributed by atoms with E-state index in [1.165, 1.54) is 0 Å². The normalized spacial score (nSPS) is 29.6. The van der Waals surface area contributed by atoms with Crippen LogP contribution in [0.25, 0.3) is 0 Å².